The molecule has 0 aliphatic heterocycles. The Bertz CT molecular complexity index is 422. The summed E-state index contributed by atoms with van der Waals surface area (Å²) in [5.74, 6) is -0.710. The molecule has 1 aromatic rings. The van der Waals surface area contributed by atoms with Gasteiger partial charge in [0.05, 0.1) is 12.0 Å². The van der Waals surface area contributed by atoms with Crippen LogP contribution in [-0.4, -0.2) is 23.6 Å². The summed E-state index contributed by atoms with van der Waals surface area (Å²) < 4.78 is 36.1. The molecule has 3 N–H and O–H groups in total. The Morgan fingerprint density at radius 3 is 2.76 bits per heavy atom. The SMILES string of the molecule is Nc1ncc(Br)cc1C(=O)NCCC(F)(F)F. The zero-order valence-corrected chi connectivity index (χ0v) is 10.1. The third-order valence-corrected chi connectivity index (χ3v) is 2.26. The number of rotatable bonds is 3. The molecule has 0 aliphatic carbocycles. The summed E-state index contributed by atoms with van der Waals surface area (Å²) in [6.07, 6.45) is -3.99. The van der Waals surface area contributed by atoms with Gasteiger partial charge in [0.2, 0.25) is 0 Å². The van der Waals surface area contributed by atoms with Crippen molar-refractivity contribution >= 4 is 27.7 Å². The van der Waals surface area contributed by atoms with Gasteiger partial charge in [-0.15, -0.1) is 0 Å². The molecule has 94 valence electrons. The van der Waals surface area contributed by atoms with E-state index in [-0.39, 0.29) is 11.4 Å². The van der Waals surface area contributed by atoms with E-state index in [9.17, 15) is 18.0 Å². The smallest absolute Gasteiger partial charge is 0.383 e. The number of pyridine rings is 1. The highest BCUT2D eigenvalue weighted by molar-refractivity contribution is 9.10. The summed E-state index contributed by atoms with van der Waals surface area (Å²) in [6.45, 7) is -0.492. The Labute approximate surface area is 104 Å². The van der Waals surface area contributed by atoms with E-state index in [4.69, 9.17) is 5.73 Å². The normalized spacial score (nSPS) is 11.3. The van der Waals surface area contributed by atoms with Crippen molar-refractivity contribution in [3.63, 3.8) is 0 Å². The maximum Gasteiger partial charge on any atom is 0.390 e. The van der Waals surface area contributed by atoms with Gasteiger partial charge in [-0.25, -0.2) is 4.98 Å². The molecule has 0 spiro atoms. The van der Waals surface area contributed by atoms with E-state index in [1.54, 1.807) is 0 Å². The Morgan fingerprint density at radius 1 is 1.53 bits per heavy atom. The fourth-order valence-electron chi connectivity index (χ4n) is 1.04. The summed E-state index contributed by atoms with van der Waals surface area (Å²) in [5, 5.41) is 2.12. The molecule has 0 aromatic carbocycles. The summed E-state index contributed by atoms with van der Waals surface area (Å²) in [5.41, 5.74) is 5.48. The molecule has 1 rings (SSSR count). The number of nitrogens with two attached hydrogens (primary N) is 1. The number of carbonyl (C=O) groups is 1. The number of alkyl halides is 3. The second-order valence-corrected chi connectivity index (χ2v) is 4.12. The molecule has 0 atom stereocenters. The van der Waals surface area contributed by atoms with E-state index in [1.165, 1.54) is 12.3 Å². The van der Waals surface area contributed by atoms with E-state index < -0.39 is 25.0 Å². The molecule has 0 radical (unpaired) electrons. The standard InChI is InChI=1S/C9H9BrF3N3O/c10-5-3-6(7(14)16-4-5)8(17)15-2-1-9(11,12)13/h3-4H,1-2H2,(H2,14,16)(H,15,17). The van der Waals surface area contributed by atoms with Gasteiger partial charge in [-0.2, -0.15) is 13.2 Å². The molecule has 1 amide bonds. The van der Waals surface area contributed by atoms with Gasteiger partial charge in [0.15, 0.2) is 0 Å². The molecular weight excluding hydrogens is 303 g/mol. The van der Waals surface area contributed by atoms with E-state index in [0.717, 1.165) is 0 Å². The lowest BCUT2D eigenvalue weighted by Gasteiger charge is -2.09. The van der Waals surface area contributed by atoms with Crippen LogP contribution in [-0.2, 0) is 0 Å². The van der Waals surface area contributed by atoms with E-state index in [1.807, 2.05) is 0 Å². The van der Waals surface area contributed by atoms with Crippen molar-refractivity contribution < 1.29 is 18.0 Å². The van der Waals surface area contributed by atoms with Gasteiger partial charge in [-0.05, 0) is 22.0 Å². The van der Waals surface area contributed by atoms with Gasteiger partial charge in [0, 0.05) is 17.2 Å². The number of halogens is 4. The molecule has 0 aliphatic rings. The van der Waals surface area contributed by atoms with Gasteiger partial charge >= 0.3 is 6.18 Å². The van der Waals surface area contributed by atoms with Crippen molar-refractivity contribution in [2.45, 2.75) is 12.6 Å². The largest absolute Gasteiger partial charge is 0.390 e. The van der Waals surface area contributed by atoms with Crippen molar-refractivity contribution in [2.75, 3.05) is 12.3 Å². The first-order chi connectivity index (χ1) is 7.79. The zero-order valence-electron chi connectivity index (χ0n) is 8.51. The highest BCUT2D eigenvalue weighted by Crippen LogP contribution is 2.19. The van der Waals surface area contributed by atoms with Gasteiger partial charge in [-0.3, -0.25) is 4.79 Å². The molecule has 0 bridgehead atoms. The van der Waals surface area contributed by atoms with E-state index in [0.29, 0.717) is 4.47 Å². The number of amides is 1. The van der Waals surface area contributed by atoms with Crippen LogP contribution in [0.25, 0.3) is 0 Å². The Kier molecular flexibility index (Phi) is 4.33. The molecule has 1 aromatic heterocycles. The molecule has 17 heavy (non-hydrogen) atoms. The minimum absolute atomic E-state index is 0.0299. The van der Waals surface area contributed by atoms with Crippen molar-refractivity contribution in [3.8, 4) is 0 Å². The first-order valence-corrected chi connectivity index (χ1v) is 5.35. The second kappa shape index (κ2) is 5.35. The summed E-state index contributed by atoms with van der Waals surface area (Å²) in [4.78, 5) is 15.2. The predicted octanol–water partition coefficient (Wildman–Crippen LogP) is 2.11. The average Bonchev–Trinajstić information content (AvgIpc) is 2.19. The maximum absolute atomic E-state index is 11.9. The first kappa shape index (κ1) is 13.8. The number of carbonyl (C=O) groups excluding carboxylic acids is 1. The minimum atomic E-state index is -4.30. The van der Waals surface area contributed by atoms with Crippen LogP contribution in [0.3, 0.4) is 0 Å². The van der Waals surface area contributed by atoms with Crippen LogP contribution >= 0.6 is 15.9 Å². The molecule has 0 unspecified atom stereocenters. The summed E-state index contributed by atoms with van der Waals surface area (Å²) in [6, 6.07) is 1.39. The lowest BCUT2D eigenvalue weighted by atomic mass is 10.2. The number of nitrogens with one attached hydrogen (secondary N) is 1. The minimum Gasteiger partial charge on any atom is -0.383 e. The predicted molar refractivity (Wildman–Crippen MR) is 59.4 cm³/mol. The number of hydrogen-bond acceptors (Lipinski definition) is 3. The summed E-state index contributed by atoms with van der Waals surface area (Å²) >= 11 is 3.09. The second-order valence-electron chi connectivity index (χ2n) is 3.21. The van der Waals surface area contributed by atoms with Gasteiger partial charge < -0.3 is 11.1 Å². The molecule has 0 saturated heterocycles. The van der Waals surface area contributed by atoms with E-state index in [2.05, 4.69) is 26.2 Å². The zero-order chi connectivity index (χ0) is 13.1. The lowest BCUT2D eigenvalue weighted by Crippen LogP contribution is -2.28. The number of aromatic nitrogens is 1. The molecule has 4 nitrogen and oxygen atoms in total. The maximum atomic E-state index is 11.9. The van der Waals surface area contributed by atoms with Crippen LogP contribution in [0, 0.1) is 0 Å². The number of anilines is 1. The Hall–Kier alpha value is -1.31. The highest BCUT2D eigenvalue weighted by Gasteiger charge is 2.26. The molecule has 8 heteroatoms. The Balaban J connectivity index is 2.61. The molecule has 0 saturated carbocycles. The molecule has 0 fully saturated rings. The summed E-state index contributed by atoms with van der Waals surface area (Å²) in [7, 11) is 0. The van der Waals surface area contributed by atoms with Crippen molar-refractivity contribution in [2.24, 2.45) is 0 Å². The fraction of sp³-hybridized carbons (Fsp3) is 0.333. The van der Waals surface area contributed by atoms with Crippen molar-refractivity contribution in [1.29, 1.82) is 0 Å². The third kappa shape index (κ3) is 4.59. The first-order valence-electron chi connectivity index (χ1n) is 4.55. The van der Waals surface area contributed by atoms with Crippen LogP contribution in [0.4, 0.5) is 19.0 Å². The topological polar surface area (TPSA) is 68.0 Å². The van der Waals surface area contributed by atoms with Gasteiger partial charge in [0.25, 0.3) is 5.91 Å². The fourth-order valence-corrected chi connectivity index (χ4v) is 1.38. The quantitative estimate of drug-likeness (QED) is 0.898. The van der Waals surface area contributed by atoms with Crippen LogP contribution in [0.2, 0.25) is 0 Å². The van der Waals surface area contributed by atoms with Crippen LogP contribution in [0.15, 0.2) is 16.7 Å². The molecular formula is C9H9BrF3N3O. The highest BCUT2D eigenvalue weighted by atomic mass is 79.9. The van der Waals surface area contributed by atoms with Crippen molar-refractivity contribution in [3.05, 3.63) is 22.3 Å². The van der Waals surface area contributed by atoms with Crippen LogP contribution in [0.1, 0.15) is 16.8 Å². The van der Waals surface area contributed by atoms with Crippen LogP contribution < -0.4 is 11.1 Å². The van der Waals surface area contributed by atoms with Crippen molar-refractivity contribution in [1.82, 2.24) is 10.3 Å². The van der Waals surface area contributed by atoms with E-state index >= 15 is 0 Å². The van der Waals surface area contributed by atoms with Crippen LogP contribution in [0.5, 0.6) is 0 Å². The third-order valence-electron chi connectivity index (χ3n) is 1.82. The number of nitrogen functional groups attached to an aromatic ring is 1. The monoisotopic (exact) mass is 311 g/mol. The lowest BCUT2D eigenvalue weighted by molar-refractivity contribution is -0.132. The van der Waals surface area contributed by atoms with Gasteiger partial charge in [0.1, 0.15) is 5.82 Å². The number of hydrogen-bond donors (Lipinski definition) is 2. The average molecular weight is 312 g/mol. The molecule has 1 heterocycles. The Morgan fingerprint density at radius 2 is 2.18 bits per heavy atom. The van der Waals surface area contributed by atoms with Gasteiger partial charge in [-0.1, -0.05) is 0 Å². The number of nitrogens with zero attached hydrogens (tertiary/aromatic N) is 1.